The van der Waals surface area contributed by atoms with E-state index in [1.54, 1.807) is 13.8 Å². The summed E-state index contributed by atoms with van der Waals surface area (Å²) in [5.74, 6) is -1.48. The fraction of sp³-hybridized carbons (Fsp3) is 0.889. The van der Waals surface area contributed by atoms with Gasteiger partial charge in [0.25, 0.3) is 0 Å². The molecule has 4 nitrogen and oxygen atoms in total. The van der Waals surface area contributed by atoms with Gasteiger partial charge in [-0.25, -0.2) is 0 Å². The summed E-state index contributed by atoms with van der Waals surface area (Å²) in [6, 6.07) is 0. The summed E-state index contributed by atoms with van der Waals surface area (Å²) in [4.78, 5) is 11.0. The first kappa shape index (κ1) is 10.5. The number of hydrogen-bond acceptors (Lipinski definition) is 2. The van der Waals surface area contributed by atoms with E-state index in [1.807, 2.05) is 13.8 Å². The SMILES string of the molecule is CC1(C)CN([O])C(C)(C)C1C(=O)O. The second kappa shape index (κ2) is 2.69. The average Bonchev–Trinajstić information content (AvgIpc) is 1.96. The number of rotatable bonds is 1. The molecule has 0 amide bonds. The van der Waals surface area contributed by atoms with Crippen molar-refractivity contribution >= 4 is 5.97 Å². The van der Waals surface area contributed by atoms with E-state index < -0.39 is 22.8 Å². The molecule has 1 aliphatic heterocycles. The highest BCUT2D eigenvalue weighted by Gasteiger charge is 2.56. The number of carbonyl (C=O) groups is 1. The third kappa shape index (κ3) is 1.44. The molecule has 0 aromatic heterocycles. The summed E-state index contributed by atoms with van der Waals surface area (Å²) in [6.45, 7) is 7.31. The Morgan fingerprint density at radius 2 is 1.85 bits per heavy atom. The summed E-state index contributed by atoms with van der Waals surface area (Å²) < 4.78 is 0. The Labute approximate surface area is 78.1 Å². The summed E-state index contributed by atoms with van der Waals surface area (Å²) >= 11 is 0. The first-order valence-electron chi connectivity index (χ1n) is 4.37. The third-order valence-electron chi connectivity index (χ3n) is 2.93. The molecule has 0 saturated carbocycles. The number of nitrogens with zero attached hydrogens (tertiary/aromatic N) is 1. The van der Waals surface area contributed by atoms with Crippen LogP contribution in [-0.4, -0.2) is 28.2 Å². The van der Waals surface area contributed by atoms with Crippen molar-refractivity contribution in [2.45, 2.75) is 33.2 Å². The van der Waals surface area contributed by atoms with Gasteiger partial charge in [-0.2, -0.15) is 0 Å². The Bertz CT molecular complexity index is 235. The van der Waals surface area contributed by atoms with Gasteiger partial charge in [-0.05, 0) is 19.3 Å². The first-order valence-corrected chi connectivity index (χ1v) is 4.37. The molecule has 0 aromatic rings. The lowest BCUT2D eigenvalue weighted by atomic mass is 9.74. The highest BCUT2D eigenvalue weighted by Crippen LogP contribution is 2.45. The van der Waals surface area contributed by atoms with Crippen molar-refractivity contribution in [2.24, 2.45) is 11.3 Å². The molecule has 75 valence electrons. The lowest BCUT2D eigenvalue weighted by Crippen LogP contribution is -2.44. The van der Waals surface area contributed by atoms with Crippen LogP contribution in [0.2, 0.25) is 0 Å². The van der Waals surface area contributed by atoms with Crippen molar-refractivity contribution in [1.29, 1.82) is 0 Å². The molecule has 1 rings (SSSR count). The van der Waals surface area contributed by atoms with Crippen molar-refractivity contribution in [2.75, 3.05) is 6.54 Å². The molecule has 1 N–H and O–H groups in total. The van der Waals surface area contributed by atoms with Gasteiger partial charge >= 0.3 is 5.97 Å². The Hall–Kier alpha value is -0.610. The standard InChI is InChI=1S/C9H16NO3/c1-8(2)5-10(13)9(3,4)6(8)7(11)12/h6H,5H2,1-4H3,(H,11,12). The smallest absolute Gasteiger partial charge is 0.309 e. The van der Waals surface area contributed by atoms with Crippen LogP contribution in [-0.2, 0) is 10.0 Å². The molecule has 1 fully saturated rings. The van der Waals surface area contributed by atoms with Crippen molar-refractivity contribution in [1.82, 2.24) is 5.06 Å². The van der Waals surface area contributed by atoms with Crippen molar-refractivity contribution in [3.63, 3.8) is 0 Å². The van der Waals surface area contributed by atoms with Crippen LogP contribution in [0.5, 0.6) is 0 Å². The summed E-state index contributed by atoms with van der Waals surface area (Å²) in [6.07, 6.45) is 0. The minimum atomic E-state index is -0.881. The van der Waals surface area contributed by atoms with Gasteiger partial charge in [0.15, 0.2) is 0 Å². The average molecular weight is 186 g/mol. The summed E-state index contributed by atoms with van der Waals surface area (Å²) in [7, 11) is 0. The van der Waals surface area contributed by atoms with E-state index in [1.165, 1.54) is 0 Å². The van der Waals surface area contributed by atoms with Gasteiger partial charge in [-0.3, -0.25) is 4.79 Å². The fourth-order valence-electron chi connectivity index (χ4n) is 2.40. The largest absolute Gasteiger partial charge is 0.481 e. The van der Waals surface area contributed by atoms with E-state index in [9.17, 15) is 10.0 Å². The molecule has 0 bridgehead atoms. The summed E-state index contributed by atoms with van der Waals surface area (Å²) in [5, 5.41) is 21.4. The predicted octanol–water partition coefficient (Wildman–Crippen LogP) is 1.15. The summed E-state index contributed by atoms with van der Waals surface area (Å²) in [5.41, 5.74) is -1.24. The van der Waals surface area contributed by atoms with Crippen LogP contribution < -0.4 is 0 Å². The molecule has 1 radical (unpaired) electrons. The topological polar surface area (TPSA) is 60.4 Å². The normalized spacial score (nSPS) is 31.9. The molecule has 0 spiro atoms. The second-order valence-electron chi connectivity index (χ2n) is 4.95. The molecule has 13 heavy (non-hydrogen) atoms. The number of carboxylic acids is 1. The van der Waals surface area contributed by atoms with Gasteiger partial charge in [0.1, 0.15) is 0 Å². The van der Waals surface area contributed by atoms with Crippen LogP contribution in [0.4, 0.5) is 0 Å². The quantitative estimate of drug-likeness (QED) is 0.668. The van der Waals surface area contributed by atoms with Gasteiger partial charge in [0, 0.05) is 6.54 Å². The predicted molar refractivity (Wildman–Crippen MR) is 46.4 cm³/mol. The van der Waals surface area contributed by atoms with Crippen molar-refractivity contribution in [3.05, 3.63) is 0 Å². The minimum Gasteiger partial charge on any atom is -0.481 e. The van der Waals surface area contributed by atoms with Crippen LogP contribution >= 0.6 is 0 Å². The number of carboxylic acid groups (broad SMARTS) is 1. The first-order chi connectivity index (χ1) is 5.69. The van der Waals surface area contributed by atoms with E-state index in [0.29, 0.717) is 0 Å². The fourth-order valence-corrected chi connectivity index (χ4v) is 2.40. The molecule has 1 aliphatic rings. The van der Waals surface area contributed by atoms with Gasteiger partial charge < -0.3 is 5.11 Å². The molecular formula is C9H16NO3. The minimum absolute atomic E-state index is 0.289. The van der Waals surface area contributed by atoms with E-state index in [4.69, 9.17) is 5.11 Å². The van der Waals surface area contributed by atoms with Gasteiger partial charge in [-0.15, -0.1) is 10.3 Å². The maximum absolute atomic E-state index is 11.5. The number of aliphatic carboxylic acids is 1. The Morgan fingerprint density at radius 1 is 1.38 bits per heavy atom. The molecule has 0 aromatic carbocycles. The van der Waals surface area contributed by atoms with Crippen molar-refractivity contribution in [3.8, 4) is 0 Å². The van der Waals surface area contributed by atoms with Crippen LogP contribution in [0.25, 0.3) is 0 Å². The highest BCUT2D eigenvalue weighted by molar-refractivity contribution is 5.73. The zero-order valence-electron chi connectivity index (χ0n) is 8.50. The van der Waals surface area contributed by atoms with E-state index in [-0.39, 0.29) is 6.54 Å². The molecule has 1 unspecified atom stereocenters. The monoisotopic (exact) mass is 186 g/mol. The van der Waals surface area contributed by atoms with Crippen LogP contribution in [0.15, 0.2) is 0 Å². The highest BCUT2D eigenvalue weighted by atomic mass is 16.5. The zero-order chi connectivity index (χ0) is 10.4. The third-order valence-corrected chi connectivity index (χ3v) is 2.93. The lowest BCUT2D eigenvalue weighted by Gasteiger charge is -2.30. The second-order valence-corrected chi connectivity index (χ2v) is 4.95. The number of hydrogen-bond donors (Lipinski definition) is 1. The van der Waals surface area contributed by atoms with Gasteiger partial charge in [0.05, 0.1) is 11.5 Å². The van der Waals surface area contributed by atoms with Gasteiger partial charge in [0.2, 0.25) is 0 Å². The molecule has 1 saturated heterocycles. The van der Waals surface area contributed by atoms with E-state index >= 15 is 0 Å². The maximum Gasteiger partial charge on any atom is 0.309 e. The Balaban J connectivity index is 3.07. The molecule has 0 aliphatic carbocycles. The molecule has 1 heterocycles. The van der Waals surface area contributed by atoms with E-state index in [0.717, 1.165) is 5.06 Å². The van der Waals surface area contributed by atoms with Crippen LogP contribution in [0.1, 0.15) is 27.7 Å². The lowest BCUT2D eigenvalue weighted by molar-refractivity contribution is -0.205. The Morgan fingerprint density at radius 3 is 2.00 bits per heavy atom. The maximum atomic E-state index is 11.5. The molecular weight excluding hydrogens is 170 g/mol. The van der Waals surface area contributed by atoms with E-state index in [2.05, 4.69) is 0 Å². The molecule has 1 atom stereocenters. The zero-order valence-corrected chi connectivity index (χ0v) is 8.50. The van der Waals surface area contributed by atoms with Gasteiger partial charge in [-0.1, -0.05) is 13.8 Å². The van der Waals surface area contributed by atoms with Crippen LogP contribution in [0, 0.1) is 11.3 Å². The Kier molecular flexibility index (Phi) is 2.16. The van der Waals surface area contributed by atoms with Crippen molar-refractivity contribution < 1.29 is 15.1 Å². The number of hydroxylamine groups is 2. The molecule has 4 heteroatoms. The van der Waals surface area contributed by atoms with Crippen LogP contribution in [0.3, 0.4) is 0 Å².